The lowest BCUT2D eigenvalue weighted by Crippen LogP contribution is -2.36. The number of hydrogen-bond donors (Lipinski definition) is 2. The van der Waals surface area contributed by atoms with E-state index in [1.54, 1.807) is 23.1 Å². The summed E-state index contributed by atoms with van der Waals surface area (Å²) in [6.45, 7) is 4.76. The lowest BCUT2D eigenvalue weighted by Gasteiger charge is -2.30. The molecule has 1 aromatic heterocycles. The molecule has 0 bridgehead atoms. The Kier molecular flexibility index (Phi) is 5.92. The molecule has 0 saturated heterocycles. The zero-order valence-corrected chi connectivity index (χ0v) is 20.2. The first-order valence-electron chi connectivity index (χ1n) is 12.0. The third kappa shape index (κ3) is 3.97. The fourth-order valence-electron chi connectivity index (χ4n) is 4.93. The molecule has 3 aromatic carbocycles. The van der Waals surface area contributed by atoms with Crippen LogP contribution in [-0.4, -0.2) is 20.8 Å². The summed E-state index contributed by atoms with van der Waals surface area (Å²) in [4.78, 5) is 23.9. The Balaban J connectivity index is 1.65. The van der Waals surface area contributed by atoms with E-state index >= 15 is 0 Å². The molecule has 1 aliphatic rings. The molecule has 8 heteroatoms. The van der Waals surface area contributed by atoms with Gasteiger partial charge in [-0.2, -0.15) is 0 Å². The van der Waals surface area contributed by atoms with Gasteiger partial charge in [-0.15, -0.1) is 0 Å². The number of amides is 1. The first-order valence-corrected chi connectivity index (χ1v) is 12.0. The molecular formula is C28H27F2N5O. The summed E-state index contributed by atoms with van der Waals surface area (Å²) in [5.41, 5.74) is 16.1. The van der Waals surface area contributed by atoms with Crippen molar-refractivity contribution in [1.82, 2.24) is 14.9 Å². The summed E-state index contributed by atoms with van der Waals surface area (Å²) in [5.74, 6) is -2.21. The van der Waals surface area contributed by atoms with Gasteiger partial charge in [0.1, 0.15) is 5.69 Å². The Labute approximate surface area is 208 Å². The largest absolute Gasteiger partial charge is 0.368 e. The summed E-state index contributed by atoms with van der Waals surface area (Å²) in [6.07, 6.45) is 1.07. The van der Waals surface area contributed by atoms with Crippen LogP contribution in [0.15, 0.2) is 54.6 Å². The third-order valence-corrected chi connectivity index (χ3v) is 7.21. The van der Waals surface area contributed by atoms with Crippen LogP contribution < -0.4 is 11.5 Å². The van der Waals surface area contributed by atoms with Crippen molar-refractivity contribution < 1.29 is 13.6 Å². The van der Waals surface area contributed by atoms with Gasteiger partial charge >= 0.3 is 0 Å². The molecule has 0 radical (unpaired) electrons. The minimum atomic E-state index is -0.969. The highest BCUT2D eigenvalue weighted by Crippen LogP contribution is 2.37. The number of anilines is 1. The second-order valence-electron chi connectivity index (χ2n) is 9.27. The molecule has 184 valence electrons. The molecule has 5 rings (SSSR count). The normalized spacial score (nSPS) is 13.3. The van der Waals surface area contributed by atoms with Crippen molar-refractivity contribution in [2.75, 3.05) is 5.73 Å². The maximum atomic E-state index is 14.4. The van der Waals surface area contributed by atoms with Crippen molar-refractivity contribution in [2.24, 2.45) is 5.73 Å². The van der Waals surface area contributed by atoms with Gasteiger partial charge in [0, 0.05) is 24.0 Å². The van der Waals surface area contributed by atoms with Crippen LogP contribution in [0.5, 0.6) is 0 Å². The van der Waals surface area contributed by atoms with Crippen molar-refractivity contribution in [2.45, 2.75) is 45.3 Å². The van der Waals surface area contributed by atoms with Crippen LogP contribution in [0.1, 0.15) is 53.9 Å². The number of nitrogen functional groups attached to an aromatic ring is 1. The minimum absolute atomic E-state index is 0.0123. The van der Waals surface area contributed by atoms with Gasteiger partial charge in [-0.05, 0) is 64.9 Å². The predicted molar refractivity (Wildman–Crippen MR) is 136 cm³/mol. The van der Waals surface area contributed by atoms with Crippen molar-refractivity contribution in [1.29, 1.82) is 0 Å². The summed E-state index contributed by atoms with van der Waals surface area (Å²) in [7, 11) is 0. The highest BCUT2D eigenvalue weighted by molar-refractivity contribution is 6.06. The fourth-order valence-corrected chi connectivity index (χ4v) is 4.93. The molecule has 0 atom stereocenters. The van der Waals surface area contributed by atoms with E-state index in [1.807, 2.05) is 38.1 Å². The maximum absolute atomic E-state index is 14.4. The molecule has 0 saturated carbocycles. The van der Waals surface area contributed by atoms with E-state index in [4.69, 9.17) is 11.5 Å². The number of carbonyl (C=O) groups is 1. The van der Waals surface area contributed by atoms with Crippen molar-refractivity contribution in [3.05, 3.63) is 88.6 Å². The van der Waals surface area contributed by atoms with Crippen LogP contribution in [0, 0.1) is 11.6 Å². The molecule has 36 heavy (non-hydrogen) atoms. The number of rotatable bonds is 5. The molecule has 0 fully saturated rings. The first kappa shape index (κ1) is 23.8. The monoisotopic (exact) mass is 487 g/mol. The number of nitrogens with zero attached hydrogens (tertiary/aromatic N) is 3. The molecule has 2 heterocycles. The Hall–Kier alpha value is -3.91. The molecule has 1 amide bonds. The number of nitrogens with two attached hydrogens (primary N) is 2. The highest BCUT2D eigenvalue weighted by atomic mass is 19.2. The Morgan fingerprint density at radius 2 is 1.61 bits per heavy atom. The number of aromatic nitrogens is 2. The molecule has 0 aliphatic carbocycles. The van der Waals surface area contributed by atoms with Crippen molar-refractivity contribution in [3.63, 3.8) is 0 Å². The van der Waals surface area contributed by atoms with Crippen LogP contribution in [0.2, 0.25) is 0 Å². The Bertz CT molecular complexity index is 1470. The van der Waals surface area contributed by atoms with Gasteiger partial charge < -0.3 is 16.4 Å². The second kappa shape index (κ2) is 8.95. The summed E-state index contributed by atoms with van der Waals surface area (Å²) < 4.78 is 28.7. The van der Waals surface area contributed by atoms with Crippen molar-refractivity contribution in [3.8, 4) is 11.1 Å². The molecule has 6 nitrogen and oxygen atoms in total. The van der Waals surface area contributed by atoms with E-state index in [1.165, 1.54) is 6.07 Å². The van der Waals surface area contributed by atoms with E-state index in [0.29, 0.717) is 53.5 Å². The van der Waals surface area contributed by atoms with E-state index in [9.17, 15) is 13.6 Å². The average Bonchev–Trinajstić information content (AvgIpc) is 3.33. The fraction of sp³-hybridized carbons (Fsp3) is 0.250. The van der Waals surface area contributed by atoms with Gasteiger partial charge in [-0.1, -0.05) is 44.2 Å². The van der Waals surface area contributed by atoms with Crippen LogP contribution in [0.3, 0.4) is 0 Å². The molecule has 0 spiro atoms. The zero-order valence-electron chi connectivity index (χ0n) is 20.2. The van der Waals surface area contributed by atoms with Gasteiger partial charge in [0.15, 0.2) is 11.6 Å². The second-order valence-corrected chi connectivity index (χ2v) is 9.27. The number of hydrogen-bond acceptors (Lipinski definition) is 5. The van der Waals surface area contributed by atoms with Crippen LogP contribution in [-0.2, 0) is 18.6 Å². The van der Waals surface area contributed by atoms with Gasteiger partial charge in [0.05, 0.1) is 5.52 Å². The first-order chi connectivity index (χ1) is 17.2. The standard InChI is InChI=1S/C28H27F2N5O/c1-3-28(32,4-2)21-13-23(30)22(29)12-19(21)16-9-10-24-20(11-16)25(34-27(31)33-24)26(36)35-14-17-7-5-6-8-18(17)15-35/h5-13H,3-4,14-15,32H2,1-2H3,(H2,31,33,34). The number of halogens is 2. The van der Waals surface area contributed by atoms with Crippen LogP contribution >= 0.6 is 0 Å². The SMILES string of the molecule is CCC(N)(CC)c1cc(F)c(F)cc1-c1ccc2nc(N)nc(C(=O)N3Cc4ccccc4C3)c2c1. The topological polar surface area (TPSA) is 98.1 Å². The molecule has 4 N–H and O–H groups in total. The van der Waals surface area contributed by atoms with E-state index < -0.39 is 17.2 Å². The molecule has 0 unspecified atom stereocenters. The lowest BCUT2D eigenvalue weighted by molar-refractivity contribution is 0.0747. The Morgan fingerprint density at radius 1 is 0.972 bits per heavy atom. The zero-order chi connectivity index (χ0) is 25.6. The maximum Gasteiger partial charge on any atom is 0.273 e. The summed E-state index contributed by atoms with van der Waals surface area (Å²) in [6, 6.07) is 15.4. The van der Waals surface area contributed by atoms with Gasteiger partial charge in [-0.3, -0.25) is 4.79 Å². The highest BCUT2D eigenvalue weighted by Gasteiger charge is 2.30. The molecule has 1 aliphatic heterocycles. The van der Waals surface area contributed by atoms with Crippen molar-refractivity contribution >= 4 is 22.8 Å². The smallest absolute Gasteiger partial charge is 0.273 e. The molecular weight excluding hydrogens is 460 g/mol. The van der Waals surface area contributed by atoms with E-state index in [0.717, 1.165) is 17.2 Å². The molecule has 4 aromatic rings. The van der Waals surface area contributed by atoms with E-state index in [2.05, 4.69) is 9.97 Å². The summed E-state index contributed by atoms with van der Waals surface area (Å²) in [5, 5.41) is 0.481. The third-order valence-electron chi connectivity index (χ3n) is 7.21. The van der Waals surface area contributed by atoms with Gasteiger partial charge in [0.25, 0.3) is 5.91 Å². The Morgan fingerprint density at radius 3 is 2.25 bits per heavy atom. The lowest BCUT2D eigenvalue weighted by atomic mass is 9.81. The average molecular weight is 488 g/mol. The number of carbonyl (C=O) groups excluding carboxylic acids is 1. The predicted octanol–water partition coefficient (Wildman–Crippen LogP) is 5.29. The van der Waals surface area contributed by atoms with Gasteiger partial charge in [-0.25, -0.2) is 18.7 Å². The van der Waals surface area contributed by atoms with Gasteiger partial charge in [0.2, 0.25) is 5.95 Å². The van der Waals surface area contributed by atoms with Crippen LogP contribution in [0.25, 0.3) is 22.0 Å². The summed E-state index contributed by atoms with van der Waals surface area (Å²) >= 11 is 0. The van der Waals surface area contributed by atoms with Crippen LogP contribution in [0.4, 0.5) is 14.7 Å². The number of benzene rings is 3. The quantitative estimate of drug-likeness (QED) is 0.399. The minimum Gasteiger partial charge on any atom is -0.368 e. The number of fused-ring (bicyclic) bond motifs is 2. The van der Waals surface area contributed by atoms with E-state index in [-0.39, 0.29) is 17.5 Å².